The lowest BCUT2D eigenvalue weighted by Crippen LogP contribution is -2.40. The Morgan fingerprint density at radius 2 is 2.00 bits per heavy atom. The first-order valence-electron chi connectivity index (χ1n) is 7.33. The van der Waals surface area contributed by atoms with Gasteiger partial charge < -0.3 is 10.6 Å². The Hall–Kier alpha value is -1.06. The van der Waals surface area contributed by atoms with Crippen LogP contribution in [0.4, 0.5) is 5.69 Å². The molecule has 19 heavy (non-hydrogen) atoms. The molecule has 0 aliphatic carbocycles. The second kappa shape index (κ2) is 6.40. The zero-order valence-electron chi connectivity index (χ0n) is 12.5. The molecule has 1 heterocycles. The minimum Gasteiger partial charge on any atom is -0.378 e. The Morgan fingerprint density at radius 3 is 2.53 bits per heavy atom. The van der Waals surface area contributed by atoms with Gasteiger partial charge in [-0.3, -0.25) is 4.90 Å². The summed E-state index contributed by atoms with van der Waals surface area (Å²) in [4.78, 5) is 4.68. The lowest BCUT2D eigenvalue weighted by atomic mass is 9.96. The number of rotatable bonds is 4. The Balaban J connectivity index is 2.12. The third-order valence-corrected chi connectivity index (χ3v) is 4.15. The number of hydrogen-bond donors (Lipinski definition) is 1. The van der Waals surface area contributed by atoms with E-state index in [1.54, 1.807) is 0 Å². The number of benzene rings is 1. The quantitative estimate of drug-likeness (QED) is 0.904. The molecule has 1 aromatic rings. The molecule has 2 rings (SSSR count). The first-order chi connectivity index (χ1) is 9.11. The van der Waals surface area contributed by atoms with E-state index in [1.165, 1.54) is 37.2 Å². The average molecular weight is 261 g/mol. The van der Waals surface area contributed by atoms with E-state index in [1.807, 2.05) is 0 Å². The third kappa shape index (κ3) is 3.48. The van der Waals surface area contributed by atoms with Crippen LogP contribution in [0.2, 0.25) is 0 Å². The molecule has 1 aliphatic heterocycles. The number of nitrogens with zero attached hydrogens (tertiary/aromatic N) is 2. The zero-order chi connectivity index (χ0) is 13.8. The molecule has 1 aliphatic rings. The number of piperidine rings is 1. The summed E-state index contributed by atoms with van der Waals surface area (Å²) in [6, 6.07) is 9.20. The second-order valence-corrected chi connectivity index (χ2v) is 5.98. The topological polar surface area (TPSA) is 32.5 Å². The number of likely N-dealkylation sites (tertiary alicyclic amines) is 1. The maximum absolute atomic E-state index is 6.03. The summed E-state index contributed by atoms with van der Waals surface area (Å²) in [6.07, 6.45) is 2.65. The molecule has 2 unspecified atom stereocenters. The van der Waals surface area contributed by atoms with Crippen LogP contribution in [-0.4, -0.2) is 38.6 Å². The standard InChI is InChI=1S/C16H27N3/c1-13-5-4-10-19(12-13)16(11-17)14-6-8-15(9-7-14)18(2)3/h6-9,13,16H,4-5,10-12,17H2,1-3H3. The third-order valence-electron chi connectivity index (χ3n) is 4.15. The largest absolute Gasteiger partial charge is 0.378 e. The molecule has 3 heteroatoms. The van der Waals surface area contributed by atoms with E-state index < -0.39 is 0 Å². The number of nitrogens with two attached hydrogens (primary N) is 1. The van der Waals surface area contributed by atoms with Crippen molar-refractivity contribution < 1.29 is 0 Å². The van der Waals surface area contributed by atoms with Gasteiger partial charge in [0.1, 0.15) is 0 Å². The van der Waals surface area contributed by atoms with Crippen LogP contribution >= 0.6 is 0 Å². The van der Waals surface area contributed by atoms with Gasteiger partial charge in [0.25, 0.3) is 0 Å². The summed E-state index contributed by atoms with van der Waals surface area (Å²) in [7, 11) is 4.14. The molecule has 2 atom stereocenters. The van der Waals surface area contributed by atoms with Gasteiger partial charge in [-0.1, -0.05) is 19.1 Å². The van der Waals surface area contributed by atoms with E-state index >= 15 is 0 Å². The van der Waals surface area contributed by atoms with Gasteiger partial charge in [-0.15, -0.1) is 0 Å². The van der Waals surface area contributed by atoms with Crippen molar-refractivity contribution in [3.63, 3.8) is 0 Å². The van der Waals surface area contributed by atoms with Crippen LogP contribution < -0.4 is 10.6 Å². The van der Waals surface area contributed by atoms with E-state index in [0.717, 1.165) is 5.92 Å². The minimum atomic E-state index is 0.374. The number of anilines is 1. The smallest absolute Gasteiger partial charge is 0.0470 e. The fourth-order valence-corrected chi connectivity index (χ4v) is 3.00. The number of hydrogen-bond acceptors (Lipinski definition) is 3. The molecule has 106 valence electrons. The second-order valence-electron chi connectivity index (χ2n) is 5.98. The summed E-state index contributed by atoms with van der Waals surface area (Å²) < 4.78 is 0. The highest BCUT2D eigenvalue weighted by Crippen LogP contribution is 2.27. The lowest BCUT2D eigenvalue weighted by molar-refractivity contribution is 0.133. The highest BCUT2D eigenvalue weighted by Gasteiger charge is 2.24. The summed E-state index contributed by atoms with van der Waals surface area (Å²) in [5, 5.41) is 0. The molecule has 0 radical (unpaired) electrons. The summed E-state index contributed by atoms with van der Waals surface area (Å²) in [5.74, 6) is 0.795. The van der Waals surface area contributed by atoms with Crippen molar-refractivity contribution in [2.75, 3.05) is 38.6 Å². The van der Waals surface area contributed by atoms with Crippen molar-refractivity contribution in [1.82, 2.24) is 4.90 Å². The molecular weight excluding hydrogens is 234 g/mol. The van der Waals surface area contributed by atoms with Crippen molar-refractivity contribution in [3.05, 3.63) is 29.8 Å². The average Bonchev–Trinajstić information content (AvgIpc) is 2.40. The van der Waals surface area contributed by atoms with E-state index in [-0.39, 0.29) is 0 Å². The van der Waals surface area contributed by atoms with Gasteiger partial charge in [0.2, 0.25) is 0 Å². The van der Waals surface area contributed by atoms with Gasteiger partial charge in [-0.25, -0.2) is 0 Å². The van der Waals surface area contributed by atoms with Crippen molar-refractivity contribution in [3.8, 4) is 0 Å². The van der Waals surface area contributed by atoms with Gasteiger partial charge in [-0.2, -0.15) is 0 Å². The molecule has 2 N–H and O–H groups in total. The van der Waals surface area contributed by atoms with Crippen LogP contribution in [0.3, 0.4) is 0 Å². The van der Waals surface area contributed by atoms with Crippen LogP contribution in [-0.2, 0) is 0 Å². The summed E-state index contributed by atoms with van der Waals surface area (Å²) in [5.41, 5.74) is 8.62. The van der Waals surface area contributed by atoms with E-state index in [4.69, 9.17) is 5.73 Å². The molecule has 0 amide bonds. The maximum Gasteiger partial charge on any atom is 0.0470 e. The first-order valence-corrected chi connectivity index (χ1v) is 7.33. The highest BCUT2D eigenvalue weighted by molar-refractivity contribution is 5.46. The Kier molecular flexibility index (Phi) is 4.83. The molecule has 1 fully saturated rings. The van der Waals surface area contributed by atoms with Crippen molar-refractivity contribution in [2.24, 2.45) is 11.7 Å². The molecule has 0 bridgehead atoms. The fourth-order valence-electron chi connectivity index (χ4n) is 3.00. The van der Waals surface area contributed by atoms with Crippen molar-refractivity contribution >= 4 is 5.69 Å². The Morgan fingerprint density at radius 1 is 1.32 bits per heavy atom. The van der Waals surface area contributed by atoms with E-state index in [2.05, 4.69) is 55.1 Å². The van der Waals surface area contributed by atoms with Crippen molar-refractivity contribution in [2.45, 2.75) is 25.8 Å². The van der Waals surface area contributed by atoms with Gasteiger partial charge in [0.15, 0.2) is 0 Å². The lowest BCUT2D eigenvalue weighted by Gasteiger charge is -2.37. The predicted molar refractivity (Wildman–Crippen MR) is 82.5 cm³/mol. The monoisotopic (exact) mass is 261 g/mol. The van der Waals surface area contributed by atoms with Crippen LogP contribution in [0.15, 0.2) is 24.3 Å². The Bertz CT molecular complexity index is 385. The van der Waals surface area contributed by atoms with Crippen LogP contribution in [0.5, 0.6) is 0 Å². The van der Waals surface area contributed by atoms with E-state index in [0.29, 0.717) is 12.6 Å². The predicted octanol–water partition coefficient (Wildman–Crippen LogP) is 2.48. The van der Waals surface area contributed by atoms with Crippen LogP contribution in [0.25, 0.3) is 0 Å². The fraction of sp³-hybridized carbons (Fsp3) is 0.625. The molecule has 1 aromatic carbocycles. The van der Waals surface area contributed by atoms with E-state index in [9.17, 15) is 0 Å². The zero-order valence-corrected chi connectivity index (χ0v) is 12.5. The maximum atomic E-state index is 6.03. The normalized spacial score (nSPS) is 22.2. The SMILES string of the molecule is CC1CCCN(C(CN)c2ccc(N(C)C)cc2)C1. The van der Waals surface area contributed by atoms with Crippen LogP contribution in [0, 0.1) is 5.92 Å². The van der Waals surface area contributed by atoms with Gasteiger partial charge in [-0.05, 0) is 43.0 Å². The van der Waals surface area contributed by atoms with Gasteiger partial charge in [0, 0.05) is 38.9 Å². The summed E-state index contributed by atoms with van der Waals surface area (Å²) in [6.45, 7) is 5.40. The van der Waals surface area contributed by atoms with Crippen molar-refractivity contribution in [1.29, 1.82) is 0 Å². The minimum absolute atomic E-state index is 0.374. The molecule has 0 spiro atoms. The van der Waals surface area contributed by atoms with Gasteiger partial charge >= 0.3 is 0 Å². The summed E-state index contributed by atoms with van der Waals surface area (Å²) >= 11 is 0. The highest BCUT2D eigenvalue weighted by atomic mass is 15.2. The first kappa shape index (κ1) is 14.4. The van der Waals surface area contributed by atoms with Crippen LogP contribution in [0.1, 0.15) is 31.4 Å². The van der Waals surface area contributed by atoms with Gasteiger partial charge in [0.05, 0.1) is 0 Å². The molecular formula is C16H27N3. The molecule has 0 saturated carbocycles. The molecule has 3 nitrogen and oxygen atoms in total. The molecule has 1 saturated heterocycles. The molecule has 0 aromatic heterocycles. The Labute approximate surface area is 117 Å².